The van der Waals surface area contributed by atoms with Gasteiger partial charge in [-0.3, -0.25) is 4.90 Å². The molecule has 1 fully saturated rings. The fourth-order valence-corrected chi connectivity index (χ4v) is 1.79. The van der Waals surface area contributed by atoms with Crippen molar-refractivity contribution < 1.29 is 4.74 Å². The third-order valence-electron chi connectivity index (χ3n) is 2.40. The predicted molar refractivity (Wildman–Crippen MR) is 57.7 cm³/mol. The second-order valence-corrected chi connectivity index (χ2v) is 4.15. The Morgan fingerprint density at radius 3 is 3.07 bits per heavy atom. The molecule has 1 atom stereocenters. The molecule has 1 aromatic heterocycles. The van der Waals surface area contributed by atoms with Gasteiger partial charge in [0, 0.05) is 19.6 Å². The van der Waals surface area contributed by atoms with Gasteiger partial charge in [0.2, 0.25) is 0 Å². The van der Waals surface area contributed by atoms with Crippen LogP contribution in [0.15, 0.2) is 12.1 Å². The van der Waals surface area contributed by atoms with Crippen molar-refractivity contribution in [3.8, 4) is 0 Å². The highest BCUT2D eigenvalue weighted by atomic mass is 35.5. The van der Waals surface area contributed by atoms with Crippen LogP contribution in [0.1, 0.15) is 12.6 Å². The lowest BCUT2D eigenvalue weighted by molar-refractivity contribution is -0.0216. The van der Waals surface area contributed by atoms with Crippen molar-refractivity contribution in [3.05, 3.63) is 23.0 Å². The minimum atomic E-state index is 0.305. The van der Waals surface area contributed by atoms with Crippen molar-refractivity contribution >= 4 is 11.6 Å². The number of aromatic nitrogens is 2. The number of rotatable bonds is 2. The first-order chi connectivity index (χ1) is 7.24. The molecule has 1 unspecified atom stereocenters. The summed E-state index contributed by atoms with van der Waals surface area (Å²) in [5.74, 6) is 0. The van der Waals surface area contributed by atoms with Gasteiger partial charge < -0.3 is 4.74 Å². The molecule has 4 nitrogen and oxygen atoms in total. The second-order valence-electron chi connectivity index (χ2n) is 3.76. The van der Waals surface area contributed by atoms with Gasteiger partial charge in [0.15, 0.2) is 5.15 Å². The van der Waals surface area contributed by atoms with Gasteiger partial charge in [0.05, 0.1) is 18.4 Å². The van der Waals surface area contributed by atoms with Crippen LogP contribution in [0, 0.1) is 0 Å². The quantitative estimate of drug-likeness (QED) is 0.765. The molecule has 2 rings (SSSR count). The Hall–Kier alpha value is -0.710. The number of halogens is 1. The molecule has 1 aliphatic rings. The van der Waals surface area contributed by atoms with E-state index >= 15 is 0 Å². The van der Waals surface area contributed by atoms with Crippen LogP contribution in [-0.4, -0.2) is 40.9 Å². The van der Waals surface area contributed by atoms with Crippen molar-refractivity contribution in [1.82, 2.24) is 15.1 Å². The Morgan fingerprint density at radius 1 is 1.53 bits per heavy atom. The van der Waals surface area contributed by atoms with Crippen molar-refractivity contribution in [2.45, 2.75) is 19.6 Å². The highest BCUT2D eigenvalue weighted by molar-refractivity contribution is 6.29. The Bertz CT molecular complexity index is 317. The zero-order chi connectivity index (χ0) is 10.7. The summed E-state index contributed by atoms with van der Waals surface area (Å²) in [5, 5.41) is 8.29. The predicted octanol–water partition coefficient (Wildman–Crippen LogP) is 1.35. The summed E-state index contributed by atoms with van der Waals surface area (Å²) >= 11 is 5.67. The largest absolute Gasteiger partial charge is 0.376 e. The monoisotopic (exact) mass is 227 g/mol. The summed E-state index contributed by atoms with van der Waals surface area (Å²) in [6.45, 7) is 5.60. The zero-order valence-corrected chi connectivity index (χ0v) is 9.44. The molecular formula is C10H14ClN3O. The van der Waals surface area contributed by atoms with Gasteiger partial charge in [-0.25, -0.2) is 0 Å². The normalized spacial score (nSPS) is 22.9. The maximum absolute atomic E-state index is 5.67. The molecule has 0 amide bonds. The number of morpholine rings is 1. The van der Waals surface area contributed by atoms with Crippen LogP contribution in [0.25, 0.3) is 0 Å². The second kappa shape index (κ2) is 4.88. The van der Waals surface area contributed by atoms with E-state index in [4.69, 9.17) is 16.3 Å². The van der Waals surface area contributed by atoms with Crippen molar-refractivity contribution in [2.24, 2.45) is 0 Å². The maximum atomic E-state index is 5.67. The van der Waals surface area contributed by atoms with E-state index in [1.807, 2.05) is 6.07 Å². The van der Waals surface area contributed by atoms with E-state index in [0.717, 1.165) is 31.9 Å². The van der Waals surface area contributed by atoms with Crippen LogP contribution in [0.2, 0.25) is 5.15 Å². The average molecular weight is 228 g/mol. The SMILES string of the molecule is CC1CN(Cc2ccc(Cl)nn2)CCO1. The van der Waals surface area contributed by atoms with Gasteiger partial charge in [-0.15, -0.1) is 5.10 Å². The van der Waals surface area contributed by atoms with Crippen molar-refractivity contribution in [2.75, 3.05) is 19.7 Å². The van der Waals surface area contributed by atoms with Gasteiger partial charge in [-0.1, -0.05) is 11.6 Å². The van der Waals surface area contributed by atoms with E-state index in [0.29, 0.717) is 11.3 Å². The number of ether oxygens (including phenoxy) is 1. The standard InChI is InChI=1S/C10H14ClN3O/c1-8-6-14(4-5-15-8)7-9-2-3-10(11)13-12-9/h2-3,8H,4-7H2,1H3. The zero-order valence-electron chi connectivity index (χ0n) is 8.69. The summed E-state index contributed by atoms with van der Waals surface area (Å²) in [6, 6.07) is 3.68. The Kier molecular flexibility index (Phi) is 3.51. The Labute approximate surface area is 94.2 Å². The molecule has 0 N–H and O–H groups in total. The first-order valence-electron chi connectivity index (χ1n) is 5.06. The maximum Gasteiger partial charge on any atom is 0.151 e. The first kappa shape index (κ1) is 10.8. The van der Waals surface area contributed by atoms with Crippen LogP contribution in [0.4, 0.5) is 0 Å². The van der Waals surface area contributed by atoms with Gasteiger partial charge >= 0.3 is 0 Å². The first-order valence-corrected chi connectivity index (χ1v) is 5.44. The Balaban J connectivity index is 1.93. The lowest BCUT2D eigenvalue weighted by atomic mass is 10.3. The molecular weight excluding hydrogens is 214 g/mol. The molecule has 0 radical (unpaired) electrons. The van der Waals surface area contributed by atoms with Gasteiger partial charge in [0.25, 0.3) is 0 Å². The number of hydrogen-bond acceptors (Lipinski definition) is 4. The number of hydrogen-bond donors (Lipinski definition) is 0. The minimum Gasteiger partial charge on any atom is -0.376 e. The molecule has 0 aromatic carbocycles. The molecule has 0 aliphatic carbocycles. The molecule has 2 heterocycles. The van der Waals surface area contributed by atoms with Crippen LogP contribution < -0.4 is 0 Å². The van der Waals surface area contributed by atoms with E-state index in [1.54, 1.807) is 6.07 Å². The van der Waals surface area contributed by atoms with Crippen LogP contribution in [0.5, 0.6) is 0 Å². The van der Waals surface area contributed by atoms with E-state index in [1.165, 1.54) is 0 Å². The molecule has 1 saturated heterocycles. The molecule has 15 heavy (non-hydrogen) atoms. The van der Waals surface area contributed by atoms with Crippen LogP contribution in [-0.2, 0) is 11.3 Å². The van der Waals surface area contributed by atoms with E-state index in [2.05, 4.69) is 22.0 Å². The highest BCUT2D eigenvalue weighted by Gasteiger charge is 2.16. The smallest absolute Gasteiger partial charge is 0.151 e. The minimum absolute atomic E-state index is 0.305. The lowest BCUT2D eigenvalue weighted by Gasteiger charge is -2.30. The molecule has 1 aliphatic heterocycles. The summed E-state index contributed by atoms with van der Waals surface area (Å²) in [5.41, 5.74) is 0.952. The van der Waals surface area contributed by atoms with Crippen LogP contribution in [0.3, 0.4) is 0 Å². The number of nitrogens with zero attached hydrogens (tertiary/aromatic N) is 3. The topological polar surface area (TPSA) is 38.2 Å². The summed E-state index contributed by atoms with van der Waals surface area (Å²) in [7, 11) is 0. The third-order valence-corrected chi connectivity index (χ3v) is 2.60. The third kappa shape index (κ3) is 3.12. The summed E-state index contributed by atoms with van der Waals surface area (Å²) < 4.78 is 5.47. The van der Waals surface area contributed by atoms with Gasteiger partial charge in [-0.05, 0) is 19.1 Å². The highest BCUT2D eigenvalue weighted by Crippen LogP contribution is 2.09. The molecule has 0 bridgehead atoms. The van der Waals surface area contributed by atoms with Gasteiger partial charge in [-0.2, -0.15) is 5.10 Å². The fourth-order valence-electron chi connectivity index (χ4n) is 1.69. The molecule has 5 heteroatoms. The summed E-state index contributed by atoms with van der Waals surface area (Å²) in [4.78, 5) is 2.31. The van der Waals surface area contributed by atoms with E-state index in [-0.39, 0.29) is 0 Å². The molecule has 82 valence electrons. The molecule has 0 saturated carbocycles. The van der Waals surface area contributed by atoms with Crippen molar-refractivity contribution in [1.29, 1.82) is 0 Å². The molecule has 1 aromatic rings. The van der Waals surface area contributed by atoms with Crippen LogP contribution >= 0.6 is 11.6 Å². The fraction of sp³-hybridized carbons (Fsp3) is 0.600. The average Bonchev–Trinajstić information content (AvgIpc) is 2.22. The lowest BCUT2D eigenvalue weighted by Crippen LogP contribution is -2.40. The van der Waals surface area contributed by atoms with E-state index < -0.39 is 0 Å². The van der Waals surface area contributed by atoms with E-state index in [9.17, 15) is 0 Å². The summed E-state index contributed by atoms with van der Waals surface area (Å²) in [6.07, 6.45) is 0.305. The van der Waals surface area contributed by atoms with Gasteiger partial charge in [0.1, 0.15) is 0 Å². The van der Waals surface area contributed by atoms with Crippen molar-refractivity contribution in [3.63, 3.8) is 0 Å². The Morgan fingerprint density at radius 2 is 2.40 bits per heavy atom. The molecule has 0 spiro atoms.